The van der Waals surface area contributed by atoms with E-state index in [1.54, 1.807) is 0 Å². The van der Waals surface area contributed by atoms with E-state index >= 15 is 0 Å². The third-order valence-corrected chi connectivity index (χ3v) is 2.88. The maximum absolute atomic E-state index is 9.64. The van der Waals surface area contributed by atoms with E-state index < -0.39 is 0 Å². The topological polar surface area (TPSA) is 32.3 Å². The summed E-state index contributed by atoms with van der Waals surface area (Å²) in [6.45, 7) is 2.08. The van der Waals surface area contributed by atoms with Gasteiger partial charge in [-0.1, -0.05) is 17.7 Å². The first kappa shape index (κ1) is 9.53. The number of anilines is 1. The molecular weight excluding hydrogens is 174 g/mol. The summed E-state index contributed by atoms with van der Waals surface area (Å²) in [6.07, 6.45) is 2.97. The van der Waals surface area contributed by atoms with Crippen LogP contribution in [0.4, 0.5) is 5.69 Å². The number of hydrogen-bond acceptors (Lipinski definition) is 2. The number of hydrogen-bond donors (Lipinski definition) is 2. The second-order valence-corrected chi connectivity index (χ2v) is 4.12. The molecule has 0 radical (unpaired) electrons. The maximum atomic E-state index is 9.64. The SMILES string of the molecule is Cc1ccc(NC2CCCC2O)cc1. The Kier molecular flexibility index (Phi) is 2.73. The molecule has 1 saturated carbocycles. The van der Waals surface area contributed by atoms with Crippen molar-refractivity contribution in [2.45, 2.75) is 38.3 Å². The molecule has 2 atom stereocenters. The summed E-state index contributed by atoms with van der Waals surface area (Å²) in [5, 5.41) is 13.0. The fourth-order valence-corrected chi connectivity index (χ4v) is 1.97. The van der Waals surface area contributed by atoms with Crippen LogP contribution in [0.5, 0.6) is 0 Å². The van der Waals surface area contributed by atoms with E-state index in [0.717, 1.165) is 24.9 Å². The summed E-state index contributed by atoms with van der Waals surface area (Å²) in [4.78, 5) is 0. The van der Waals surface area contributed by atoms with Crippen LogP contribution in [0.3, 0.4) is 0 Å². The highest BCUT2D eigenvalue weighted by molar-refractivity contribution is 5.45. The highest BCUT2D eigenvalue weighted by Gasteiger charge is 2.24. The highest BCUT2D eigenvalue weighted by atomic mass is 16.3. The van der Waals surface area contributed by atoms with Crippen LogP contribution < -0.4 is 5.32 Å². The number of nitrogens with one attached hydrogen (secondary N) is 1. The van der Waals surface area contributed by atoms with E-state index in [2.05, 4.69) is 36.5 Å². The standard InChI is InChI=1S/C12H17NO/c1-9-5-7-10(8-6-9)13-11-3-2-4-12(11)14/h5-8,11-14H,2-4H2,1H3. The lowest BCUT2D eigenvalue weighted by Crippen LogP contribution is -2.27. The molecule has 0 aliphatic heterocycles. The monoisotopic (exact) mass is 191 g/mol. The summed E-state index contributed by atoms with van der Waals surface area (Å²) in [6, 6.07) is 8.56. The lowest BCUT2D eigenvalue weighted by atomic mass is 10.2. The second kappa shape index (κ2) is 4.01. The van der Waals surface area contributed by atoms with Crippen LogP contribution in [0.15, 0.2) is 24.3 Å². The van der Waals surface area contributed by atoms with Crippen LogP contribution in [0.25, 0.3) is 0 Å². The van der Waals surface area contributed by atoms with Crippen molar-refractivity contribution in [3.63, 3.8) is 0 Å². The number of benzene rings is 1. The Morgan fingerprint density at radius 2 is 1.93 bits per heavy atom. The Hall–Kier alpha value is -1.02. The molecule has 2 rings (SSSR count). The van der Waals surface area contributed by atoms with Crippen LogP contribution in [-0.4, -0.2) is 17.3 Å². The summed E-state index contributed by atoms with van der Waals surface area (Å²) in [7, 11) is 0. The third-order valence-electron chi connectivity index (χ3n) is 2.88. The smallest absolute Gasteiger partial charge is 0.0741 e. The van der Waals surface area contributed by atoms with Gasteiger partial charge in [0.15, 0.2) is 0 Å². The minimum atomic E-state index is -0.170. The van der Waals surface area contributed by atoms with Crippen LogP contribution >= 0.6 is 0 Å². The van der Waals surface area contributed by atoms with Gasteiger partial charge in [0.2, 0.25) is 0 Å². The largest absolute Gasteiger partial charge is 0.391 e. The Labute approximate surface area is 85.0 Å². The van der Waals surface area contributed by atoms with Gasteiger partial charge in [0.25, 0.3) is 0 Å². The molecule has 1 fully saturated rings. The molecule has 0 amide bonds. The van der Waals surface area contributed by atoms with E-state index in [-0.39, 0.29) is 12.1 Å². The van der Waals surface area contributed by atoms with Gasteiger partial charge in [-0.05, 0) is 38.3 Å². The Morgan fingerprint density at radius 3 is 2.50 bits per heavy atom. The van der Waals surface area contributed by atoms with Crippen LogP contribution in [0, 0.1) is 6.92 Å². The molecule has 0 heterocycles. The fraction of sp³-hybridized carbons (Fsp3) is 0.500. The van der Waals surface area contributed by atoms with Crippen molar-refractivity contribution in [1.82, 2.24) is 0 Å². The molecule has 0 aromatic heterocycles. The Morgan fingerprint density at radius 1 is 1.21 bits per heavy atom. The van der Waals surface area contributed by atoms with Gasteiger partial charge in [-0.3, -0.25) is 0 Å². The highest BCUT2D eigenvalue weighted by Crippen LogP contribution is 2.22. The van der Waals surface area contributed by atoms with Crippen LogP contribution in [-0.2, 0) is 0 Å². The van der Waals surface area contributed by atoms with Crippen molar-refractivity contribution in [3.8, 4) is 0 Å². The van der Waals surface area contributed by atoms with Crippen molar-refractivity contribution in [3.05, 3.63) is 29.8 Å². The molecule has 2 heteroatoms. The summed E-state index contributed by atoms with van der Waals surface area (Å²) in [5.74, 6) is 0. The zero-order chi connectivity index (χ0) is 9.97. The minimum absolute atomic E-state index is 0.170. The summed E-state index contributed by atoms with van der Waals surface area (Å²) < 4.78 is 0. The third kappa shape index (κ3) is 2.07. The quantitative estimate of drug-likeness (QED) is 0.752. The molecule has 0 bridgehead atoms. The summed E-state index contributed by atoms with van der Waals surface area (Å²) in [5.41, 5.74) is 2.38. The zero-order valence-electron chi connectivity index (χ0n) is 8.53. The fourth-order valence-electron chi connectivity index (χ4n) is 1.97. The molecule has 0 spiro atoms. The Balaban J connectivity index is 2.00. The number of aliphatic hydroxyl groups excluding tert-OH is 1. The molecule has 14 heavy (non-hydrogen) atoms. The predicted molar refractivity (Wildman–Crippen MR) is 58.4 cm³/mol. The lowest BCUT2D eigenvalue weighted by molar-refractivity contribution is 0.172. The van der Waals surface area contributed by atoms with E-state index in [9.17, 15) is 5.11 Å². The second-order valence-electron chi connectivity index (χ2n) is 4.12. The first-order chi connectivity index (χ1) is 6.75. The van der Waals surface area contributed by atoms with E-state index in [4.69, 9.17) is 0 Å². The van der Waals surface area contributed by atoms with Crippen LogP contribution in [0.2, 0.25) is 0 Å². The van der Waals surface area contributed by atoms with Crippen molar-refractivity contribution in [2.24, 2.45) is 0 Å². The lowest BCUT2D eigenvalue weighted by Gasteiger charge is -2.17. The van der Waals surface area contributed by atoms with E-state index in [0.29, 0.717) is 0 Å². The van der Waals surface area contributed by atoms with Crippen LogP contribution in [0.1, 0.15) is 24.8 Å². The molecule has 0 saturated heterocycles. The van der Waals surface area contributed by atoms with Crippen molar-refractivity contribution in [2.75, 3.05) is 5.32 Å². The van der Waals surface area contributed by atoms with Gasteiger partial charge in [0.1, 0.15) is 0 Å². The first-order valence-corrected chi connectivity index (χ1v) is 5.27. The van der Waals surface area contributed by atoms with Crippen molar-refractivity contribution in [1.29, 1.82) is 0 Å². The van der Waals surface area contributed by atoms with Gasteiger partial charge >= 0.3 is 0 Å². The molecule has 1 aromatic rings. The van der Waals surface area contributed by atoms with Crippen molar-refractivity contribution >= 4 is 5.69 Å². The number of aliphatic hydroxyl groups is 1. The molecule has 1 aromatic carbocycles. The first-order valence-electron chi connectivity index (χ1n) is 5.27. The molecule has 2 unspecified atom stereocenters. The average molecular weight is 191 g/mol. The Bertz CT molecular complexity index is 294. The molecular formula is C12H17NO. The maximum Gasteiger partial charge on any atom is 0.0741 e. The van der Waals surface area contributed by atoms with Gasteiger partial charge in [0, 0.05) is 5.69 Å². The summed E-state index contributed by atoms with van der Waals surface area (Å²) >= 11 is 0. The predicted octanol–water partition coefficient (Wildman–Crippen LogP) is 2.32. The van der Waals surface area contributed by atoms with E-state index in [1.165, 1.54) is 5.56 Å². The van der Waals surface area contributed by atoms with Gasteiger partial charge in [-0.2, -0.15) is 0 Å². The number of rotatable bonds is 2. The van der Waals surface area contributed by atoms with Gasteiger partial charge in [-0.25, -0.2) is 0 Å². The van der Waals surface area contributed by atoms with Gasteiger partial charge in [-0.15, -0.1) is 0 Å². The molecule has 1 aliphatic rings. The van der Waals surface area contributed by atoms with Crippen molar-refractivity contribution < 1.29 is 5.11 Å². The zero-order valence-corrected chi connectivity index (χ0v) is 8.53. The van der Waals surface area contributed by atoms with Gasteiger partial charge < -0.3 is 10.4 Å². The molecule has 2 N–H and O–H groups in total. The minimum Gasteiger partial charge on any atom is -0.391 e. The average Bonchev–Trinajstić information content (AvgIpc) is 2.56. The normalized spacial score (nSPS) is 26.4. The number of aryl methyl sites for hydroxylation is 1. The molecule has 1 aliphatic carbocycles. The molecule has 76 valence electrons. The van der Waals surface area contributed by atoms with Gasteiger partial charge in [0.05, 0.1) is 12.1 Å². The van der Waals surface area contributed by atoms with E-state index in [1.807, 2.05) is 0 Å². The molecule has 2 nitrogen and oxygen atoms in total.